The van der Waals surface area contributed by atoms with Gasteiger partial charge in [0.05, 0.1) is 12.4 Å². The Morgan fingerprint density at radius 1 is 1.10 bits per heavy atom. The van der Waals surface area contributed by atoms with E-state index in [-0.39, 0.29) is 13.2 Å². The minimum atomic E-state index is 0.0938. The van der Waals surface area contributed by atoms with E-state index in [4.69, 9.17) is 10.2 Å². The van der Waals surface area contributed by atoms with Gasteiger partial charge in [0.15, 0.2) is 0 Å². The van der Waals surface area contributed by atoms with E-state index in [1.54, 1.807) is 0 Å². The first kappa shape index (κ1) is 9.06. The number of aliphatic hydroxyl groups is 2. The van der Waals surface area contributed by atoms with Crippen LogP contribution >= 0.6 is 0 Å². The molecule has 58 valence electrons. The second-order valence-electron chi connectivity index (χ2n) is 1.39. The van der Waals surface area contributed by atoms with E-state index in [0.29, 0.717) is 6.42 Å². The molecule has 10 heavy (non-hydrogen) atoms. The highest BCUT2D eigenvalue weighted by Gasteiger charge is 1.70. The molecule has 0 fully saturated rings. The summed E-state index contributed by atoms with van der Waals surface area (Å²) in [6.45, 7) is 0.188. The molecule has 2 N–H and O–H groups in total. The Morgan fingerprint density at radius 2 is 1.60 bits per heavy atom. The Balaban J connectivity index is 0.000000162. The fraction of sp³-hybridized carbons (Fsp3) is 0.600. The van der Waals surface area contributed by atoms with Crippen molar-refractivity contribution < 1.29 is 14.8 Å². The van der Waals surface area contributed by atoms with Crippen molar-refractivity contribution in [1.29, 1.82) is 0 Å². The van der Waals surface area contributed by atoms with Crippen molar-refractivity contribution in [2.24, 2.45) is 0 Å². The quantitative estimate of drug-likeness (QED) is 0.584. The van der Waals surface area contributed by atoms with Crippen LogP contribution in [-0.4, -0.2) is 33.7 Å². The van der Waals surface area contributed by atoms with Crippen LogP contribution in [0.2, 0.25) is 0 Å². The number of hydrogen-bond donors (Lipinski definition) is 2. The summed E-state index contributed by atoms with van der Waals surface area (Å²) < 4.78 is 4.08. The first-order valence-electron chi connectivity index (χ1n) is 2.85. The van der Waals surface area contributed by atoms with Gasteiger partial charge in [-0.05, 0) is 6.42 Å². The number of aromatic nitrogens is 2. The summed E-state index contributed by atoms with van der Waals surface area (Å²) in [5.41, 5.74) is 0. The monoisotopic (exact) mass is 146 g/mol. The highest BCUT2D eigenvalue weighted by molar-refractivity contribution is 4.51. The summed E-state index contributed by atoms with van der Waals surface area (Å²) in [5.74, 6) is 0. The molecule has 0 saturated heterocycles. The molecule has 0 aliphatic rings. The Bertz CT molecular complexity index is 101. The molecule has 1 heterocycles. The number of hydrogen-bond acceptors (Lipinski definition) is 5. The maximum Gasteiger partial charge on any atom is 0.0913 e. The van der Waals surface area contributed by atoms with Gasteiger partial charge >= 0.3 is 0 Å². The third-order valence-corrected chi connectivity index (χ3v) is 0.599. The van der Waals surface area contributed by atoms with E-state index < -0.39 is 0 Å². The van der Waals surface area contributed by atoms with Crippen molar-refractivity contribution >= 4 is 0 Å². The van der Waals surface area contributed by atoms with Crippen LogP contribution in [0.15, 0.2) is 17.0 Å². The average Bonchev–Trinajstić information content (AvgIpc) is 2.44. The third kappa shape index (κ3) is 7.06. The van der Waals surface area contributed by atoms with Crippen LogP contribution in [0.1, 0.15) is 6.42 Å². The lowest BCUT2D eigenvalue weighted by Crippen LogP contribution is -1.85. The van der Waals surface area contributed by atoms with E-state index in [1.807, 2.05) is 0 Å². The van der Waals surface area contributed by atoms with Crippen molar-refractivity contribution in [3.05, 3.63) is 12.4 Å². The zero-order valence-corrected chi connectivity index (χ0v) is 5.47. The van der Waals surface area contributed by atoms with Crippen molar-refractivity contribution in [2.45, 2.75) is 6.42 Å². The molecule has 0 atom stereocenters. The Morgan fingerprint density at radius 3 is 1.70 bits per heavy atom. The molecule has 0 bridgehead atoms. The second-order valence-corrected chi connectivity index (χ2v) is 1.39. The van der Waals surface area contributed by atoms with Crippen molar-refractivity contribution in [1.82, 2.24) is 10.3 Å². The van der Waals surface area contributed by atoms with E-state index >= 15 is 0 Å². The van der Waals surface area contributed by atoms with Crippen molar-refractivity contribution in [3.63, 3.8) is 0 Å². The Kier molecular flexibility index (Phi) is 7.30. The van der Waals surface area contributed by atoms with Gasteiger partial charge in [-0.1, -0.05) is 10.3 Å². The fourth-order valence-corrected chi connectivity index (χ4v) is 0.207. The van der Waals surface area contributed by atoms with E-state index in [2.05, 4.69) is 14.9 Å². The van der Waals surface area contributed by atoms with Gasteiger partial charge < -0.3 is 10.2 Å². The summed E-state index contributed by atoms with van der Waals surface area (Å²) in [6.07, 6.45) is 3.44. The predicted molar refractivity (Wildman–Crippen MR) is 33.1 cm³/mol. The van der Waals surface area contributed by atoms with Gasteiger partial charge in [0.1, 0.15) is 0 Å². The Hall–Kier alpha value is -0.940. The van der Waals surface area contributed by atoms with Gasteiger partial charge in [-0.15, -0.1) is 0 Å². The fourth-order valence-electron chi connectivity index (χ4n) is 0.207. The van der Waals surface area contributed by atoms with Crippen molar-refractivity contribution in [3.8, 4) is 0 Å². The van der Waals surface area contributed by atoms with E-state index in [1.165, 1.54) is 12.4 Å². The summed E-state index contributed by atoms with van der Waals surface area (Å²) in [6, 6.07) is 0. The third-order valence-electron chi connectivity index (χ3n) is 0.599. The smallest absolute Gasteiger partial charge is 0.0913 e. The molecule has 0 amide bonds. The number of aliphatic hydroxyl groups excluding tert-OH is 2. The lowest BCUT2D eigenvalue weighted by Gasteiger charge is -1.79. The molecule has 1 rings (SSSR count). The highest BCUT2D eigenvalue weighted by Crippen LogP contribution is 1.65. The van der Waals surface area contributed by atoms with E-state index in [9.17, 15) is 0 Å². The molecule has 0 aromatic carbocycles. The van der Waals surface area contributed by atoms with Crippen LogP contribution in [0.3, 0.4) is 0 Å². The molecule has 0 unspecified atom stereocenters. The molecule has 1 aromatic rings. The molecule has 1 aromatic heterocycles. The molecule has 0 aliphatic carbocycles. The molecule has 0 spiro atoms. The summed E-state index contributed by atoms with van der Waals surface area (Å²) >= 11 is 0. The maximum absolute atomic E-state index is 7.91. The Labute approximate surface area is 58.3 Å². The topological polar surface area (TPSA) is 79.4 Å². The SMILES string of the molecule is OCCCO.c1cnon1. The molecule has 5 nitrogen and oxygen atoms in total. The maximum atomic E-state index is 7.91. The average molecular weight is 146 g/mol. The van der Waals surface area contributed by atoms with Crippen LogP contribution < -0.4 is 0 Å². The number of rotatable bonds is 2. The minimum absolute atomic E-state index is 0.0938. The summed E-state index contributed by atoms with van der Waals surface area (Å²) in [7, 11) is 0. The standard InChI is InChI=1S/C3H8O2.C2H2N2O/c4-2-1-3-5;1-2-4-5-3-1/h4-5H,1-3H2;1-2H. The molecule has 5 heteroatoms. The molecule has 0 saturated carbocycles. The lowest BCUT2D eigenvalue weighted by molar-refractivity contribution is 0.221. The first-order valence-corrected chi connectivity index (χ1v) is 2.85. The van der Waals surface area contributed by atoms with Crippen LogP contribution in [0.25, 0.3) is 0 Å². The van der Waals surface area contributed by atoms with Gasteiger partial charge in [-0.2, -0.15) is 0 Å². The summed E-state index contributed by atoms with van der Waals surface area (Å²) in [5, 5.41) is 22.3. The van der Waals surface area contributed by atoms with Gasteiger partial charge in [0.2, 0.25) is 0 Å². The van der Waals surface area contributed by atoms with E-state index in [0.717, 1.165) is 0 Å². The van der Waals surface area contributed by atoms with Gasteiger partial charge in [0.25, 0.3) is 0 Å². The molecule has 0 radical (unpaired) electrons. The summed E-state index contributed by atoms with van der Waals surface area (Å²) in [4.78, 5) is 0. The van der Waals surface area contributed by atoms with Gasteiger partial charge in [-0.3, -0.25) is 0 Å². The highest BCUT2D eigenvalue weighted by atomic mass is 16.6. The largest absolute Gasteiger partial charge is 0.396 e. The number of nitrogens with zero attached hydrogens (tertiary/aromatic N) is 2. The normalized spacial score (nSPS) is 8.20. The zero-order chi connectivity index (χ0) is 7.66. The van der Waals surface area contributed by atoms with Crippen molar-refractivity contribution in [2.75, 3.05) is 13.2 Å². The van der Waals surface area contributed by atoms with Gasteiger partial charge in [-0.25, -0.2) is 4.63 Å². The molecule has 0 aliphatic heterocycles. The zero-order valence-electron chi connectivity index (χ0n) is 5.47. The van der Waals surface area contributed by atoms with Gasteiger partial charge in [0, 0.05) is 13.2 Å². The van der Waals surface area contributed by atoms with Crippen LogP contribution in [0.5, 0.6) is 0 Å². The van der Waals surface area contributed by atoms with Crippen LogP contribution in [0, 0.1) is 0 Å². The predicted octanol–water partition coefficient (Wildman–Crippen LogP) is -0.569. The van der Waals surface area contributed by atoms with Crippen LogP contribution in [-0.2, 0) is 0 Å². The minimum Gasteiger partial charge on any atom is -0.396 e. The molecular formula is C5H10N2O3. The second kappa shape index (κ2) is 8.06. The first-order chi connectivity index (χ1) is 4.91. The lowest BCUT2D eigenvalue weighted by atomic mass is 10.5. The van der Waals surface area contributed by atoms with Crippen LogP contribution in [0.4, 0.5) is 0 Å². The molecular weight excluding hydrogens is 136 g/mol.